The third kappa shape index (κ3) is 1.47. The molecule has 1 aliphatic rings. The predicted octanol–water partition coefficient (Wildman–Crippen LogP) is 1.05. The van der Waals surface area contributed by atoms with Crippen LogP contribution in [0.4, 0.5) is 0 Å². The molecule has 1 aromatic heterocycles. The van der Waals surface area contributed by atoms with Gasteiger partial charge < -0.3 is 10.6 Å². The Morgan fingerprint density at radius 2 is 2.38 bits per heavy atom. The van der Waals surface area contributed by atoms with Crippen LogP contribution >= 0.6 is 11.3 Å². The summed E-state index contributed by atoms with van der Waals surface area (Å²) >= 11 is 1.60. The molecule has 0 fully saturated rings. The van der Waals surface area contributed by atoms with Crippen LogP contribution in [0.1, 0.15) is 22.3 Å². The van der Waals surface area contributed by atoms with Crippen molar-refractivity contribution in [3.05, 3.63) is 21.9 Å². The molecule has 0 spiro atoms. The van der Waals surface area contributed by atoms with Gasteiger partial charge in [-0.05, 0) is 23.9 Å². The average molecular weight is 196 g/mol. The van der Waals surface area contributed by atoms with Crippen molar-refractivity contribution in [1.29, 1.82) is 0 Å². The Morgan fingerprint density at radius 1 is 1.54 bits per heavy atom. The zero-order valence-electron chi connectivity index (χ0n) is 7.32. The molecule has 0 radical (unpaired) electrons. The quantitative estimate of drug-likeness (QED) is 0.785. The van der Waals surface area contributed by atoms with E-state index >= 15 is 0 Å². The predicted molar refractivity (Wildman–Crippen MR) is 52.7 cm³/mol. The van der Waals surface area contributed by atoms with Crippen molar-refractivity contribution in [3.8, 4) is 0 Å². The van der Waals surface area contributed by atoms with Crippen molar-refractivity contribution in [2.75, 3.05) is 13.1 Å². The van der Waals surface area contributed by atoms with E-state index in [1.165, 1.54) is 5.56 Å². The highest BCUT2D eigenvalue weighted by molar-refractivity contribution is 7.08. The first kappa shape index (κ1) is 8.72. The topological polar surface area (TPSA) is 46.3 Å². The maximum atomic E-state index is 11.7. The number of rotatable bonds is 3. The fourth-order valence-electron chi connectivity index (χ4n) is 1.54. The molecule has 0 aliphatic carbocycles. The lowest BCUT2D eigenvalue weighted by Crippen LogP contribution is -2.26. The fourth-order valence-corrected chi connectivity index (χ4v) is 2.37. The van der Waals surface area contributed by atoms with Gasteiger partial charge in [-0.1, -0.05) is 0 Å². The van der Waals surface area contributed by atoms with Gasteiger partial charge in [0.15, 0.2) is 0 Å². The Hall–Kier alpha value is -0.870. The molecule has 0 saturated carbocycles. The molecule has 70 valence electrons. The van der Waals surface area contributed by atoms with Gasteiger partial charge in [-0.2, -0.15) is 11.3 Å². The van der Waals surface area contributed by atoms with E-state index in [-0.39, 0.29) is 5.91 Å². The zero-order chi connectivity index (χ0) is 9.26. The maximum absolute atomic E-state index is 11.7. The van der Waals surface area contributed by atoms with Crippen molar-refractivity contribution < 1.29 is 4.79 Å². The first-order chi connectivity index (χ1) is 6.33. The number of carbonyl (C=O) groups is 1. The molecular weight excluding hydrogens is 184 g/mol. The van der Waals surface area contributed by atoms with E-state index in [0.717, 1.165) is 25.1 Å². The smallest absolute Gasteiger partial charge is 0.255 e. The van der Waals surface area contributed by atoms with E-state index in [1.54, 1.807) is 11.3 Å². The number of nitrogens with zero attached hydrogens (tertiary/aromatic N) is 1. The maximum Gasteiger partial charge on any atom is 0.255 e. The molecule has 2 heterocycles. The SMILES string of the molecule is NCCCN1Cc2cscc2C1=O. The highest BCUT2D eigenvalue weighted by atomic mass is 32.1. The van der Waals surface area contributed by atoms with E-state index in [9.17, 15) is 4.79 Å². The summed E-state index contributed by atoms with van der Waals surface area (Å²) in [6.45, 7) is 2.21. The van der Waals surface area contributed by atoms with E-state index in [0.29, 0.717) is 6.54 Å². The number of amides is 1. The van der Waals surface area contributed by atoms with Crippen LogP contribution < -0.4 is 5.73 Å². The summed E-state index contributed by atoms with van der Waals surface area (Å²) in [6.07, 6.45) is 0.888. The third-order valence-corrected chi connectivity index (χ3v) is 3.05. The minimum Gasteiger partial charge on any atom is -0.334 e. The molecule has 13 heavy (non-hydrogen) atoms. The molecule has 0 aromatic carbocycles. The molecule has 1 aromatic rings. The van der Waals surface area contributed by atoms with Gasteiger partial charge in [0.05, 0.1) is 5.56 Å². The van der Waals surface area contributed by atoms with Crippen molar-refractivity contribution in [2.45, 2.75) is 13.0 Å². The summed E-state index contributed by atoms with van der Waals surface area (Å²) in [5, 5.41) is 3.98. The summed E-state index contributed by atoms with van der Waals surface area (Å²) in [5.74, 6) is 0.171. The fraction of sp³-hybridized carbons (Fsp3) is 0.444. The molecule has 0 unspecified atom stereocenters. The zero-order valence-corrected chi connectivity index (χ0v) is 8.14. The number of fused-ring (bicyclic) bond motifs is 1. The summed E-state index contributed by atoms with van der Waals surface area (Å²) in [6, 6.07) is 0. The Labute approximate surface area is 81.2 Å². The Morgan fingerprint density at radius 3 is 3.08 bits per heavy atom. The highest BCUT2D eigenvalue weighted by Gasteiger charge is 2.26. The van der Waals surface area contributed by atoms with Gasteiger partial charge in [0.1, 0.15) is 0 Å². The van der Waals surface area contributed by atoms with Crippen LogP contribution in [0.5, 0.6) is 0 Å². The van der Waals surface area contributed by atoms with E-state index < -0.39 is 0 Å². The molecule has 0 atom stereocenters. The lowest BCUT2D eigenvalue weighted by Gasteiger charge is -2.14. The second-order valence-electron chi connectivity index (χ2n) is 3.18. The molecule has 0 saturated heterocycles. The van der Waals surface area contributed by atoms with Gasteiger partial charge in [0, 0.05) is 18.5 Å². The average Bonchev–Trinajstić information content (AvgIpc) is 2.67. The lowest BCUT2D eigenvalue weighted by molar-refractivity contribution is 0.0778. The Kier molecular flexibility index (Phi) is 2.33. The van der Waals surface area contributed by atoms with Crippen LogP contribution in [-0.2, 0) is 6.54 Å². The molecule has 2 N–H and O–H groups in total. The van der Waals surface area contributed by atoms with Crippen molar-refractivity contribution >= 4 is 17.2 Å². The monoisotopic (exact) mass is 196 g/mol. The van der Waals surface area contributed by atoms with Crippen LogP contribution in [0.3, 0.4) is 0 Å². The first-order valence-electron chi connectivity index (χ1n) is 4.37. The van der Waals surface area contributed by atoms with Gasteiger partial charge >= 0.3 is 0 Å². The molecular formula is C9H12N2OS. The summed E-state index contributed by atoms with van der Waals surface area (Å²) in [7, 11) is 0. The van der Waals surface area contributed by atoms with Crippen molar-refractivity contribution in [1.82, 2.24) is 4.90 Å². The van der Waals surface area contributed by atoms with Crippen LogP contribution in [0, 0.1) is 0 Å². The molecule has 3 nitrogen and oxygen atoms in total. The summed E-state index contributed by atoms with van der Waals surface area (Å²) in [4.78, 5) is 13.5. The lowest BCUT2D eigenvalue weighted by atomic mass is 10.2. The van der Waals surface area contributed by atoms with Crippen molar-refractivity contribution in [3.63, 3.8) is 0 Å². The van der Waals surface area contributed by atoms with Crippen LogP contribution in [-0.4, -0.2) is 23.9 Å². The van der Waals surface area contributed by atoms with E-state index in [4.69, 9.17) is 5.73 Å². The van der Waals surface area contributed by atoms with E-state index in [2.05, 4.69) is 5.38 Å². The van der Waals surface area contributed by atoms with Gasteiger partial charge in [0.2, 0.25) is 0 Å². The number of nitrogens with two attached hydrogens (primary N) is 1. The van der Waals surface area contributed by atoms with Crippen molar-refractivity contribution in [2.24, 2.45) is 5.73 Å². The minimum atomic E-state index is 0.171. The largest absolute Gasteiger partial charge is 0.334 e. The van der Waals surface area contributed by atoms with Gasteiger partial charge in [-0.25, -0.2) is 0 Å². The molecule has 1 aliphatic heterocycles. The number of thiophene rings is 1. The van der Waals surface area contributed by atoms with Gasteiger partial charge in [-0.15, -0.1) is 0 Å². The Balaban J connectivity index is 2.06. The second kappa shape index (κ2) is 3.47. The minimum absolute atomic E-state index is 0.171. The molecule has 4 heteroatoms. The normalized spacial score (nSPS) is 15.2. The van der Waals surface area contributed by atoms with Crippen LogP contribution in [0.2, 0.25) is 0 Å². The number of hydrogen-bond donors (Lipinski definition) is 1. The summed E-state index contributed by atoms with van der Waals surface area (Å²) < 4.78 is 0. The van der Waals surface area contributed by atoms with E-state index in [1.807, 2.05) is 10.3 Å². The number of hydrogen-bond acceptors (Lipinski definition) is 3. The van der Waals surface area contributed by atoms with Crippen LogP contribution in [0.25, 0.3) is 0 Å². The van der Waals surface area contributed by atoms with Crippen LogP contribution in [0.15, 0.2) is 10.8 Å². The highest BCUT2D eigenvalue weighted by Crippen LogP contribution is 2.25. The molecule has 1 amide bonds. The molecule has 0 bridgehead atoms. The molecule has 2 rings (SSSR count). The first-order valence-corrected chi connectivity index (χ1v) is 5.31. The van der Waals surface area contributed by atoms with Gasteiger partial charge in [0.25, 0.3) is 5.91 Å². The standard InChI is InChI=1S/C9H12N2OS/c10-2-1-3-11-4-7-5-13-6-8(7)9(11)12/h5-6H,1-4,10H2. The summed E-state index contributed by atoms with van der Waals surface area (Å²) in [5.41, 5.74) is 7.46. The number of carbonyl (C=O) groups excluding carboxylic acids is 1. The Bertz CT molecular complexity index is 321. The third-order valence-electron chi connectivity index (χ3n) is 2.25. The van der Waals surface area contributed by atoms with Gasteiger partial charge in [-0.3, -0.25) is 4.79 Å². The second-order valence-corrected chi connectivity index (χ2v) is 3.92.